The molecule has 0 aliphatic rings. The molecule has 1 aromatic heterocycles. The van der Waals surface area contributed by atoms with Crippen molar-refractivity contribution in [2.45, 2.75) is 25.2 Å². The molecule has 96 valence electrons. The van der Waals surface area contributed by atoms with Crippen LogP contribution >= 0.6 is 31.9 Å². The molecule has 1 aromatic carbocycles. The first-order valence-corrected chi connectivity index (χ1v) is 7.69. The zero-order valence-electron chi connectivity index (χ0n) is 10.1. The maximum Gasteiger partial charge on any atom is 0.165 e. The van der Waals surface area contributed by atoms with Crippen LogP contribution in [0, 0.1) is 0 Å². The van der Waals surface area contributed by atoms with E-state index in [1.54, 1.807) is 6.20 Å². The fourth-order valence-corrected chi connectivity index (χ4v) is 2.44. The first-order valence-electron chi connectivity index (χ1n) is 5.77. The molecule has 0 amide bonds. The number of benzene rings is 1. The van der Waals surface area contributed by atoms with Gasteiger partial charge in [-0.05, 0) is 40.0 Å². The Bertz CT molecular complexity index is 525. The van der Waals surface area contributed by atoms with Crippen molar-refractivity contribution in [3.05, 3.63) is 40.6 Å². The monoisotopic (exact) mass is 372 g/mol. The summed E-state index contributed by atoms with van der Waals surface area (Å²) in [6.45, 7) is 3.03. The number of ether oxygens (including phenoxy) is 1. The van der Waals surface area contributed by atoms with E-state index in [1.807, 2.05) is 29.1 Å². The fourth-order valence-electron chi connectivity index (χ4n) is 1.59. The standard InChI is InChI=1S/C13H14Br2N2O/c1-2-5-17-9-11(8-16-17)18-13-4-3-10(7-14)6-12(13)15/h3-4,6,8-9H,2,5,7H2,1H3. The predicted octanol–water partition coefficient (Wildman–Crippen LogP) is 4.74. The molecule has 0 N–H and O–H groups in total. The summed E-state index contributed by atoms with van der Waals surface area (Å²) in [5, 5.41) is 5.07. The highest BCUT2D eigenvalue weighted by Gasteiger charge is 2.05. The first-order chi connectivity index (χ1) is 8.72. The Labute approximate surface area is 123 Å². The minimum atomic E-state index is 0.760. The van der Waals surface area contributed by atoms with Gasteiger partial charge in [0.25, 0.3) is 0 Å². The zero-order valence-corrected chi connectivity index (χ0v) is 13.2. The van der Waals surface area contributed by atoms with Crippen molar-refractivity contribution < 1.29 is 4.74 Å². The van der Waals surface area contributed by atoms with Crippen molar-refractivity contribution in [2.24, 2.45) is 0 Å². The Morgan fingerprint density at radius 2 is 2.22 bits per heavy atom. The quantitative estimate of drug-likeness (QED) is 0.707. The number of aryl methyl sites for hydroxylation is 1. The van der Waals surface area contributed by atoms with Crippen LogP contribution in [0.25, 0.3) is 0 Å². The third kappa shape index (κ3) is 3.36. The maximum absolute atomic E-state index is 5.79. The van der Waals surface area contributed by atoms with E-state index in [2.05, 4.69) is 43.9 Å². The highest BCUT2D eigenvalue weighted by atomic mass is 79.9. The van der Waals surface area contributed by atoms with Crippen LogP contribution in [0.2, 0.25) is 0 Å². The minimum Gasteiger partial charge on any atom is -0.453 e. The lowest BCUT2D eigenvalue weighted by molar-refractivity contribution is 0.477. The second-order valence-electron chi connectivity index (χ2n) is 3.94. The molecule has 0 bridgehead atoms. The molecule has 2 aromatic rings. The van der Waals surface area contributed by atoms with E-state index >= 15 is 0 Å². The van der Waals surface area contributed by atoms with Gasteiger partial charge < -0.3 is 4.74 Å². The van der Waals surface area contributed by atoms with E-state index in [0.29, 0.717) is 0 Å². The van der Waals surface area contributed by atoms with Gasteiger partial charge in [-0.1, -0.05) is 28.9 Å². The smallest absolute Gasteiger partial charge is 0.165 e. The molecule has 3 nitrogen and oxygen atoms in total. The first kappa shape index (κ1) is 13.6. The van der Waals surface area contributed by atoms with E-state index in [1.165, 1.54) is 5.56 Å². The summed E-state index contributed by atoms with van der Waals surface area (Å²) in [4.78, 5) is 0. The van der Waals surface area contributed by atoms with Gasteiger partial charge in [0.1, 0.15) is 5.75 Å². The van der Waals surface area contributed by atoms with Gasteiger partial charge >= 0.3 is 0 Å². The molecule has 5 heteroatoms. The molecule has 0 saturated carbocycles. The van der Waals surface area contributed by atoms with Crippen LogP contribution in [-0.4, -0.2) is 9.78 Å². The van der Waals surface area contributed by atoms with Gasteiger partial charge in [0.15, 0.2) is 5.75 Å². The summed E-state index contributed by atoms with van der Waals surface area (Å²) in [7, 11) is 0. The minimum absolute atomic E-state index is 0.760. The molecule has 0 aliphatic heterocycles. The second-order valence-corrected chi connectivity index (χ2v) is 5.35. The van der Waals surface area contributed by atoms with E-state index in [0.717, 1.165) is 34.3 Å². The second kappa shape index (κ2) is 6.38. The topological polar surface area (TPSA) is 27.1 Å². The Kier molecular flexibility index (Phi) is 4.83. The van der Waals surface area contributed by atoms with Crippen molar-refractivity contribution in [3.63, 3.8) is 0 Å². The van der Waals surface area contributed by atoms with Gasteiger partial charge in [-0.25, -0.2) is 0 Å². The number of nitrogens with zero attached hydrogens (tertiary/aromatic N) is 2. The van der Waals surface area contributed by atoms with Crippen LogP contribution in [-0.2, 0) is 11.9 Å². The van der Waals surface area contributed by atoms with Gasteiger partial charge in [-0.15, -0.1) is 0 Å². The number of aromatic nitrogens is 2. The number of hydrogen-bond donors (Lipinski definition) is 0. The summed E-state index contributed by atoms with van der Waals surface area (Å²) < 4.78 is 8.62. The molecule has 0 spiro atoms. The van der Waals surface area contributed by atoms with Crippen LogP contribution in [0.4, 0.5) is 0 Å². The molecule has 0 atom stereocenters. The highest BCUT2D eigenvalue weighted by Crippen LogP contribution is 2.30. The van der Waals surface area contributed by atoms with Crippen molar-refractivity contribution >= 4 is 31.9 Å². The number of hydrogen-bond acceptors (Lipinski definition) is 2. The van der Waals surface area contributed by atoms with E-state index in [-0.39, 0.29) is 0 Å². The summed E-state index contributed by atoms with van der Waals surface area (Å²) in [5.74, 6) is 1.56. The van der Waals surface area contributed by atoms with Gasteiger partial charge in [0.05, 0.1) is 16.9 Å². The SMILES string of the molecule is CCCn1cc(Oc2ccc(CBr)cc2Br)cn1. The molecule has 0 radical (unpaired) electrons. The Morgan fingerprint density at radius 3 is 2.89 bits per heavy atom. The Hall–Kier alpha value is -0.810. The van der Waals surface area contributed by atoms with Crippen LogP contribution in [0.1, 0.15) is 18.9 Å². The molecule has 2 rings (SSSR count). The number of halogens is 2. The molecular weight excluding hydrogens is 360 g/mol. The van der Waals surface area contributed by atoms with E-state index < -0.39 is 0 Å². The highest BCUT2D eigenvalue weighted by molar-refractivity contribution is 9.10. The lowest BCUT2D eigenvalue weighted by Crippen LogP contribution is -1.95. The summed E-state index contributed by atoms with van der Waals surface area (Å²) in [5.41, 5.74) is 1.20. The average Bonchev–Trinajstić information content (AvgIpc) is 2.80. The molecule has 1 heterocycles. The van der Waals surface area contributed by atoms with Gasteiger partial charge in [-0.2, -0.15) is 5.10 Å². The number of rotatable bonds is 5. The molecular formula is C13H14Br2N2O. The Morgan fingerprint density at radius 1 is 1.39 bits per heavy atom. The van der Waals surface area contributed by atoms with Gasteiger partial charge in [0.2, 0.25) is 0 Å². The lowest BCUT2D eigenvalue weighted by atomic mass is 10.2. The van der Waals surface area contributed by atoms with Crippen molar-refractivity contribution in [2.75, 3.05) is 0 Å². The molecule has 0 saturated heterocycles. The summed E-state index contributed by atoms with van der Waals surface area (Å²) in [6.07, 6.45) is 4.71. The van der Waals surface area contributed by atoms with Crippen LogP contribution < -0.4 is 4.74 Å². The van der Waals surface area contributed by atoms with Crippen molar-refractivity contribution in [3.8, 4) is 11.5 Å². The predicted molar refractivity (Wildman–Crippen MR) is 79.4 cm³/mol. The lowest BCUT2D eigenvalue weighted by Gasteiger charge is -2.06. The molecule has 0 unspecified atom stereocenters. The summed E-state index contributed by atoms with van der Waals surface area (Å²) in [6, 6.07) is 6.03. The zero-order chi connectivity index (χ0) is 13.0. The van der Waals surface area contributed by atoms with Crippen LogP contribution in [0.15, 0.2) is 35.1 Å². The van der Waals surface area contributed by atoms with Crippen molar-refractivity contribution in [1.29, 1.82) is 0 Å². The van der Waals surface area contributed by atoms with E-state index in [9.17, 15) is 0 Å². The molecule has 0 aliphatic carbocycles. The third-order valence-corrected chi connectivity index (χ3v) is 3.71. The number of alkyl halides is 1. The fraction of sp³-hybridized carbons (Fsp3) is 0.308. The molecule has 0 fully saturated rings. The van der Waals surface area contributed by atoms with E-state index in [4.69, 9.17) is 4.74 Å². The van der Waals surface area contributed by atoms with Crippen molar-refractivity contribution in [1.82, 2.24) is 9.78 Å². The van der Waals surface area contributed by atoms with Gasteiger partial charge in [0, 0.05) is 11.9 Å². The largest absolute Gasteiger partial charge is 0.453 e. The average molecular weight is 374 g/mol. The Balaban J connectivity index is 2.12. The normalized spacial score (nSPS) is 10.6. The summed E-state index contributed by atoms with van der Waals surface area (Å²) >= 11 is 6.94. The molecule has 18 heavy (non-hydrogen) atoms. The maximum atomic E-state index is 5.79. The van der Waals surface area contributed by atoms with Crippen LogP contribution in [0.3, 0.4) is 0 Å². The van der Waals surface area contributed by atoms with Crippen LogP contribution in [0.5, 0.6) is 11.5 Å². The van der Waals surface area contributed by atoms with Gasteiger partial charge in [-0.3, -0.25) is 4.68 Å². The third-order valence-electron chi connectivity index (χ3n) is 2.44.